The number of rotatable bonds is 8. The Balaban J connectivity index is 0.00000400. The lowest BCUT2D eigenvalue weighted by Crippen LogP contribution is -2.39. The fourth-order valence-corrected chi connectivity index (χ4v) is 1.63. The van der Waals surface area contributed by atoms with Crippen molar-refractivity contribution < 1.29 is 4.79 Å². The third-order valence-corrected chi connectivity index (χ3v) is 2.51. The standard InChI is InChI=1S/C13H24N6O.HI/c1-3-14-12(20)11-17-13(15-4-2)16-7-5-9-19-10-6-8-18-19;/h6,8,10H,3-5,7,9,11H2,1-2H3,(H,14,20)(H2,15,16,17);1H. The minimum atomic E-state index is -0.0683. The van der Waals surface area contributed by atoms with Gasteiger partial charge >= 0.3 is 0 Å². The molecule has 1 rings (SSSR count). The summed E-state index contributed by atoms with van der Waals surface area (Å²) in [4.78, 5) is 15.6. The van der Waals surface area contributed by atoms with Crippen LogP contribution < -0.4 is 16.0 Å². The number of guanidine groups is 1. The van der Waals surface area contributed by atoms with Gasteiger partial charge < -0.3 is 16.0 Å². The maximum absolute atomic E-state index is 11.4. The van der Waals surface area contributed by atoms with E-state index in [1.165, 1.54) is 0 Å². The van der Waals surface area contributed by atoms with Gasteiger partial charge in [-0.1, -0.05) is 0 Å². The topological polar surface area (TPSA) is 83.3 Å². The molecule has 21 heavy (non-hydrogen) atoms. The summed E-state index contributed by atoms with van der Waals surface area (Å²) in [6.45, 7) is 7.05. The SMILES string of the molecule is CCNC(=O)CN=C(NCC)NCCCn1cccn1.I. The molecule has 0 radical (unpaired) electrons. The van der Waals surface area contributed by atoms with Crippen LogP contribution in [0, 0.1) is 0 Å². The van der Waals surface area contributed by atoms with E-state index >= 15 is 0 Å². The molecule has 1 heterocycles. The summed E-state index contributed by atoms with van der Waals surface area (Å²) >= 11 is 0. The van der Waals surface area contributed by atoms with Gasteiger partial charge in [0, 0.05) is 38.6 Å². The summed E-state index contributed by atoms with van der Waals surface area (Å²) in [5.74, 6) is 0.598. The van der Waals surface area contributed by atoms with Gasteiger partial charge in [0.05, 0.1) is 0 Å². The molecule has 0 aliphatic heterocycles. The summed E-state index contributed by atoms with van der Waals surface area (Å²) in [5, 5.41) is 13.2. The van der Waals surface area contributed by atoms with Crippen molar-refractivity contribution in [2.24, 2.45) is 4.99 Å². The Morgan fingerprint density at radius 3 is 2.62 bits per heavy atom. The Hall–Kier alpha value is -1.32. The number of nitrogens with zero attached hydrogens (tertiary/aromatic N) is 3. The molecule has 0 aliphatic rings. The van der Waals surface area contributed by atoms with Gasteiger partial charge in [-0.25, -0.2) is 4.99 Å². The maximum Gasteiger partial charge on any atom is 0.241 e. The van der Waals surface area contributed by atoms with Gasteiger partial charge in [0.2, 0.25) is 5.91 Å². The second-order valence-corrected chi connectivity index (χ2v) is 4.20. The van der Waals surface area contributed by atoms with Crippen LogP contribution in [0.15, 0.2) is 23.5 Å². The molecule has 0 aromatic carbocycles. The number of nitrogens with one attached hydrogen (secondary N) is 3. The van der Waals surface area contributed by atoms with Crippen LogP contribution in [0.2, 0.25) is 0 Å². The van der Waals surface area contributed by atoms with Crippen LogP contribution in [-0.2, 0) is 11.3 Å². The average Bonchev–Trinajstić information content (AvgIpc) is 2.94. The van der Waals surface area contributed by atoms with Crippen LogP contribution >= 0.6 is 24.0 Å². The molecule has 0 spiro atoms. The van der Waals surface area contributed by atoms with E-state index in [2.05, 4.69) is 26.0 Å². The number of carbonyl (C=O) groups is 1. The highest BCUT2D eigenvalue weighted by molar-refractivity contribution is 14.0. The first-order valence-corrected chi connectivity index (χ1v) is 7.02. The van der Waals surface area contributed by atoms with Crippen LogP contribution in [0.4, 0.5) is 0 Å². The number of hydrogen-bond acceptors (Lipinski definition) is 3. The minimum absolute atomic E-state index is 0. The minimum Gasteiger partial charge on any atom is -0.357 e. The van der Waals surface area contributed by atoms with E-state index in [9.17, 15) is 4.79 Å². The van der Waals surface area contributed by atoms with E-state index in [0.29, 0.717) is 12.5 Å². The average molecular weight is 408 g/mol. The van der Waals surface area contributed by atoms with Crippen molar-refractivity contribution in [1.29, 1.82) is 0 Å². The molecule has 0 fully saturated rings. The molecule has 1 aromatic rings. The lowest BCUT2D eigenvalue weighted by atomic mass is 10.4. The Labute approximate surface area is 143 Å². The first kappa shape index (κ1) is 19.7. The largest absolute Gasteiger partial charge is 0.357 e. The molecular weight excluding hydrogens is 383 g/mol. The zero-order chi connectivity index (χ0) is 14.6. The zero-order valence-electron chi connectivity index (χ0n) is 12.6. The molecular formula is C13H25IN6O. The lowest BCUT2D eigenvalue weighted by molar-refractivity contribution is -0.119. The van der Waals surface area contributed by atoms with Crippen LogP contribution in [0.3, 0.4) is 0 Å². The molecule has 3 N–H and O–H groups in total. The van der Waals surface area contributed by atoms with Gasteiger partial charge in [0.1, 0.15) is 6.54 Å². The van der Waals surface area contributed by atoms with Gasteiger partial charge in [-0.05, 0) is 26.3 Å². The van der Waals surface area contributed by atoms with Gasteiger partial charge in [-0.3, -0.25) is 9.48 Å². The Bertz CT molecular complexity index is 407. The summed E-state index contributed by atoms with van der Waals surface area (Å²) in [7, 11) is 0. The molecule has 1 amide bonds. The monoisotopic (exact) mass is 408 g/mol. The second kappa shape index (κ2) is 12.4. The Kier molecular flexibility index (Phi) is 11.6. The van der Waals surface area contributed by atoms with Crippen molar-refractivity contribution >= 4 is 35.8 Å². The van der Waals surface area contributed by atoms with E-state index in [1.54, 1.807) is 6.20 Å². The van der Waals surface area contributed by atoms with Crippen molar-refractivity contribution in [2.75, 3.05) is 26.2 Å². The second-order valence-electron chi connectivity index (χ2n) is 4.20. The van der Waals surface area contributed by atoms with Crippen molar-refractivity contribution in [2.45, 2.75) is 26.8 Å². The molecule has 1 aromatic heterocycles. The summed E-state index contributed by atoms with van der Waals surface area (Å²) in [5.41, 5.74) is 0. The van der Waals surface area contributed by atoms with Gasteiger partial charge in [0.25, 0.3) is 0 Å². The third kappa shape index (κ3) is 9.27. The number of hydrogen-bond donors (Lipinski definition) is 3. The molecule has 0 aliphatic carbocycles. The fraction of sp³-hybridized carbons (Fsp3) is 0.615. The van der Waals surface area contributed by atoms with Crippen LogP contribution in [0.25, 0.3) is 0 Å². The van der Waals surface area contributed by atoms with E-state index in [1.807, 2.05) is 30.8 Å². The Morgan fingerprint density at radius 2 is 2.00 bits per heavy atom. The number of aromatic nitrogens is 2. The normalized spacial score (nSPS) is 10.7. The quantitative estimate of drug-likeness (QED) is 0.254. The van der Waals surface area contributed by atoms with Crippen LogP contribution in [0.1, 0.15) is 20.3 Å². The van der Waals surface area contributed by atoms with Gasteiger partial charge in [-0.2, -0.15) is 5.10 Å². The highest BCUT2D eigenvalue weighted by atomic mass is 127. The van der Waals surface area contributed by atoms with Crippen LogP contribution in [-0.4, -0.2) is 47.8 Å². The molecule has 0 atom stereocenters. The number of carbonyl (C=O) groups excluding carboxylic acids is 1. The van der Waals surface area contributed by atoms with Crippen LogP contribution in [0.5, 0.6) is 0 Å². The van der Waals surface area contributed by atoms with E-state index < -0.39 is 0 Å². The van der Waals surface area contributed by atoms with Crippen molar-refractivity contribution in [3.63, 3.8) is 0 Å². The summed E-state index contributed by atoms with van der Waals surface area (Å²) in [6.07, 6.45) is 4.65. The number of halogens is 1. The first-order valence-electron chi connectivity index (χ1n) is 7.02. The summed E-state index contributed by atoms with van der Waals surface area (Å²) < 4.78 is 1.89. The van der Waals surface area contributed by atoms with Crippen molar-refractivity contribution in [3.8, 4) is 0 Å². The van der Waals surface area contributed by atoms with E-state index in [4.69, 9.17) is 0 Å². The lowest BCUT2D eigenvalue weighted by Gasteiger charge is -2.11. The number of aryl methyl sites for hydroxylation is 1. The van der Waals surface area contributed by atoms with E-state index in [-0.39, 0.29) is 36.4 Å². The molecule has 120 valence electrons. The third-order valence-electron chi connectivity index (χ3n) is 2.51. The van der Waals surface area contributed by atoms with Gasteiger partial charge in [-0.15, -0.1) is 24.0 Å². The van der Waals surface area contributed by atoms with Crippen molar-refractivity contribution in [1.82, 2.24) is 25.7 Å². The molecule has 0 bridgehead atoms. The first-order chi connectivity index (χ1) is 9.76. The molecule has 8 heteroatoms. The predicted molar refractivity (Wildman–Crippen MR) is 94.9 cm³/mol. The predicted octanol–water partition coefficient (Wildman–Crippen LogP) is 0.582. The molecule has 0 saturated heterocycles. The van der Waals surface area contributed by atoms with Crippen molar-refractivity contribution in [3.05, 3.63) is 18.5 Å². The maximum atomic E-state index is 11.4. The smallest absolute Gasteiger partial charge is 0.241 e. The Morgan fingerprint density at radius 1 is 1.24 bits per heavy atom. The molecule has 7 nitrogen and oxygen atoms in total. The van der Waals surface area contributed by atoms with Gasteiger partial charge in [0.15, 0.2) is 5.96 Å². The fourth-order valence-electron chi connectivity index (χ4n) is 1.63. The molecule has 0 unspecified atom stereocenters. The number of aliphatic imine (C=N–C) groups is 1. The summed E-state index contributed by atoms with van der Waals surface area (Å²) in [6, 6.07) is 1.91. The zero-order valence-corrected chi connectivity index (χ0v) is 15.0. The number of likely N-dealkylation sites (N-methyl/N-ethyl adjacent to an activating group) is 1. The molecule has 0 saturated carbocycles. The van der Waals surface area contributed by atoms with E-state index in [0.717, 1.165) is 26.1 Å². The highest BCUT2D eigenvalue weighted by Gasteiger charge is 2.00. The highest BCUT2D eigenvalue weighted by Crippen LogP contribution is 1.88. The number of amides is 1.